The first-order valence-electron chi connectivity index (χ1n) is 16.3. The monoisotopic (exact) mass is 592 g/mol. The molecule has 0 bridgehead atoms. The summed E-state index contributed by atoms with van der Waals surface area (Å²) in [4.78, 5) is 42.4. The summed E-state index contributed by atoms with van der Waals surface area (Å²) in [6, 6.07) is 0. The molecule has 0 aliphatic rings. The van der Waals surface area contributed by atoms with Crippen molar-refractivity contribution in [3.05, 3.63) is 0 Å². The molecule has 238 valence electrons. The molecule has 1 atom stereocenters. The van der Waals surface area contributed by atoms with Gasteiger partial charge in [-0.25, -0.2) is 4.57 Å². The van der Waals surface area contributed by atoms with Gasteiger partial charge in [0.2, 0.25) is 0 Å². The number of unbranched alkanes of at least 4 members (excludes halogenated alkanes) is 20. The summed E-state index contributed by atoms with van der Waals surface area (Å²) >= 11 is 0. The molecule has 8 nitrogen and oxygen atoms in total. The lowest BCUT2D eigenvalue weighted by atomic mass is 10.1. The smallest absolute Gasteiger partial charge is 0.462 e. The number of phosphoric ester groups is 1. The second-order valence-electron chi connectivity index (χ2n) is 11.2. The molecule has 0 rings (SSSR count). The minimum Gasteiger partial charge on any atom is -0.462 e. The molecule has 0 saturated carbocycles. The van der Waals surface area contributed by atoms with Gasteiger partial charge in [-0.3, -0.25) is 14.1 Å². The third-order valence-electron chi connectivity index (χ3n) is 7.13. The highest BCUT2D eigenvalue weighted by molar-refractivity contribution is 7.46. The Morgan fingerprint density at radius 2 is 0.900 bits per heavy atom. The molecule has 0 aromatic heterocycles. The van der Waals surface area contributed by atoms with Crippen molar-refractivity contribution >= 4 is 19.8 Å². The molecule has 40 heavy (non-hydrogen) atoms. The molecule has 0 heterocycles. The largest absolute Gasteiger partial charge is 0.469 e. The molecule has 0 saturated heterocycles. The predicted molar refractivity (Wildman–Crippen MR) is 161 cm³/mol. The Balaban J connectivity index is 4.01. The van der Waals surface area contributed by atoms with Crippen LogP contribution in [0.3, 0.4) is 0 Å². The summed E-state index contributed by atoms with van der Waals surface area (Å²) in [6.45, 7) is 3.65. The predicted octanol–water partition coefficient (Wildman–Crippen LogP) is 8.95. The van der Waals surface area contributed by atoms with E-state index in [1.165, 1.54) is 96.3 Å². The van der Waals surface area contributed by atoms with Crippen LogP contribution in [0.2, 0.25) is 0 Å². The molecule has 0 aromatic carbocycles. The van der Waals surface area contributed by atoms with E-state index in [-0.39, 0.29) is 19.4 Å². The highest BCUT2D eigenvalue weighted by Crippen LogP contribution is 2.35. The van der Waals surface area contributed by atoms with Gasteiger partial charge in [-0.1, -0.05) is 142 Å². The number of hydrogen-bond acceptors (Lipinski definition) is 6. The zero-order chi connectivity index (χ0) is 29.7. The first-order valence-corrected chi connectivity index (χ1v) is 17.9. The van der Waals surface area contributed by atoms with Crippen molar-refractivity contribution in [2.24, 2.45) is 0 Å². The van der Waals surface area contributed by atoms with Crippen LogP contribution in [0.4, 0.5) is 0 Å². The van der Waals surface area contributed by atoms with Gasteiger partial charge in [0.15, 0.2) is 6.10 Å². The van der Waals surface area contributed by atoms with Crippen LogP contribution >= 0.6 is 7.82 Å². The van der Waals surface area contributed by atoms with E-state index in [0.29, 0.717) is 6.42 Å². The highest BCUT2D eigenvalue weighted by atomic mass is 31.2. The van der Waals surface area contributed by atoms with Crippen molar-refractivity contribution in [1.29, 1.82) is 0 Å². The molecule has 0 aliphatic carbocycles. The maximum absolute atomic E-state index is 12.3. The van der Waals surface area contributed by atoms with Crippen LogP contribution in [0.1, 0.15) is 168 Å². The zero-order valence-electron chi connectivity index (χ0n) is 25.8. The van der Waals surface area contributed by atoms with Crippen LogP contribution in [0, 0.1) is 0 Å². The number of hydrogen-bond donors (Lipinski definition) is 2. The standard InChI is InChI=1S/C31H61O8P/c1-3-5-7-9-11-13-15-17-19-21-23-25-30(32)37-27-29(28-38-40(34,35)36)39-31(33)26-24-22-20-18-16-14-12-10-8-6-4-2/h29H,3-28H2,1-2H3,(H2,34,35,36). The van der Waals surface area contributed by atoms with Crippen molar-refractivity contribution in [3.63, 3.8) is 0 Å². The van der Waals surface area contributed by atoms with Gasteiger partial charge in [-0.15, -0.1) is 0 Å². The Kier molecular flexibility index (Phi) is 27.5. The Labute approximate surface area is 244 Å². The quantitative estimate of drug-likeness (QED) is 0.0482. The van der Waals surface area contributed by atoms with Gasteiger partial charge in [0.25, 0.3) is 0 Å². The van der Waals surface area contributed by atoms with Gasteiger partial charge in [0.1, 0.15) is 6.61 Å². The molecular formula is C31H61O8P. The lowest BCUT2D eigenvalue weighted by Crippen LogP contribution is -2.29. The molecule has 1 unspecified atom stereocenters. The van der Waals surface area contributed by atoms with E-state index in [0.717, 1.165) is 38.5 Å². The molecule has 0 fully saturated rings. The molecule has 2 N–H and O–H groups in total. The minimum absolute atomic E-state index is 0.218. The molecule has 0 spiro atoms. The lowest BCUT2D eigenvalue weighted by Gasteiger charge is -2.18. The average Bonchev–Trinajstić information content (AvgIpc) is 2.91. The van der Waals surface area contributed by atoms with E-state index in [1.54, 1.807) is 0 Å². The average molecular weight is 593 g/mol. The number of phosphoric acid groups is 1. The first-order chi connectivity index (χ1) is 19.3. The molecule has 0 amide bonds. The fraction of sp³-hybridized carbons (Fsp3) is 0.935. The Morgan fingerprint density at radius 3 is 1.27 bits per heavy atom. The van der Waals surface area contributed by atoms with Crippen LogP contribution in [0.25, 0.3) is 0 Å². The summed E-state index contributed by atoms with van der Waals surface area (Å²) in [7, 11) is -4.73. The zero-order valence-corrected chi connectivity index (χ0v) is 26.6. The second kappa shape index (κ2) is 28.2. The molecular weight excluding hydrogens is 531 g/mol. The van der Waals surface area contributed by atoms with Gasteiger partial charge in [0.05, 0.1) is 6.61 Å². The van der Waals surface area contributed by atoms with Gasteiger partial charge in [-0.2, -0.15) is 0 Å². The summed E-state index contributed by atoms with van der Waals surface area (Å²) in [6.07, 6.45) is 25.4. The van der Waals surface area contributed by atoms with E-state index in [1.807, 2.05) is 0 Å². The van der Waals surface area contributed by atoms with E-state index in [9.17, 15) is 14.2 Å². The minimum atomic E-state index is -4.73. The summed E-state index contributed by atoms with van der Waals surface area (Å²) in [5, 5.41) is 0. The molecule has 0 aliphatic heterocycles. The number of carbonyl (C=O) groups excluding carboxylic acids is 2. The van der Waals surface area contributed by atoms with Crippen molar-refractivity contribution in [1.82, 2.24) is 0 Å². The van der Waals surface area contributed by atoms with Gasteiger partial charge in [0, 0.05) is 12.8 Å². The second-order valence-corrected chi connectivity index (χ2v) is 12.4. The van der Waals surface area contributed by atoms with Crippen molar-refractivity contribution in [2.75, 3.05) is 13.2 Å². The SMILES string of the molecule is CCCCCCCCCCCCCC(=O)OCC(COP(=O)(O)O)OC(=O)CCCCCCCCCCCCC. The van der Waals surface area contributed by atoms with Gasteiger partial charge >= 0.3 is 19.8 Å². The van der Waals surface area contributed by atoms with Gasteiger partial charge in [-0.05, 0) is 12.8 Å². The number of carbonyl (C=O) groups is 2. The number of esters is 2. The van der Waals surface area contributed by atoms with Gasteiger partial charge < -0.3 is 19.3 Å². The van der Waals surface area contributed by atoms with Crippen LogP contribution < -0.4 is 0 Å². The van der Waals surface area contributed by atoms with Crippen LogP contribution in [0.15, 0.2) is 0 Å². The Bertz CT molecular complexity index is 637. The number of ether oxygens (including phenoxy) is 2. The Morgan fingerprint density at radius 1 is 0.550 bits per heavy atom. The topological polar surface area (TPSA) is 119 Å². The van der Waals surface area contributed by atoms with E-state index in [2.05, 4.69) is 18.4 Å². The molecule has 0 radical (unpaired) electrons. The van der Waals surface area contributed by atoms with Crippen LogP contribution in [-0.4, -0.2) is 41.0 Å². The Hall–Kier alpha value is -0.950. The third-order valence-corrected chi connectivity index (χ3v) is 7.61. The maximum Gasteiger partial charge on any atom is 0.469 e. The lowest BCUT2D eigenvalue weighted by molar-refractivity contribution is -0.161. The summed E-state index contributed by atoms with van der Waals surface area (Å²) < 4.78 is 26.1. The van der Waals surface area contributed by atoms with Crippen LogP contribution in [-0.2, 0) is 28.2 Å². The number of rotatable bonds is 30. The van der Waals surface area contributed by atoms with E-state index < -0.39 is 32.5 Å². The first kappa shape index (κ1) is 39.0. The highest BCUT2D eigenvalue weighted by Gasteiger charge is 2.22. The fourth-order valence-electron chi connectivity index (χ4n) is 4.67. The molecule has 9 heteroatoms. The van der Waals surface area contributed by atoms with Crippen molar-refractivity contribution in [3.8, 4) is 0 Å². The molecule has 0 aromatic rings. The van der Waals surface area contributed by atoms with Crippen LogP contribution in [0.5, 0.6) is 0 Å². The third kappa shape index (κ3) is 30.0. The van der Waals surface area contributed by atoms with E-state index in [4.69, 9.17) is 19.3 Å². The normalized spacial score (nSPS) is 12.4. The van der Waals surface area contributed by atoms with Crippen molar-refractivity contribution < 1.29 is 37.9 Å². The summed E-state index contributed by atoms with van der Waals surface area (Å²) in [5.74, 6) is -0.879. The fourth-order valence-corrected chi connectivity index (χ4v) is 5.03. The van der Waals surface area contributed by atoms with Crippen molar-refractivity contribution in [2.45, 2.75) is 174 Å². The summed E-state index contributed by atoms with van der Waals surface area (Å²) in [5.41, 5.74) is 0. The van der Waals surface area contributed by atoms with E-state index >= 15 is 0 Å². The maximum atomic E-state index is 12.3.